The molecule has 0 atom stereocenters. The molecule has 0 bridgehead atoms. The predicted octanol–water partition coefficient (Wildman–Crippen LogP) is 3.89. The number of hydrogen-bond donors (Lipinski definition) is 2. The smallest absolute Gasteiger partial charge is 0.335 e. The molecule has 0 radical (unpaired) electrons. The van der Waals surface area contributed by atoms with E-state index >= 15 is 0 Å². The van der Waals surface area contributed by atoms with Crippen LogP contribution in [0, 0.1) is 13.8 Å². The van der Waals surface area contributed by atoms with Gasteiger partial charge >= 0.3 is 5.97 Å². The van der Waals surface area contributed by atoms with Crippen molar-refractivity contribution in [3.63, 3.8) is 0 Å². The molecule has 0 aromatic heterocycles. The molecule has 25 heavy (non-hydrogen) atoms. The summed E-state index contributed by atoms with van der Waals surface area (Å²) in [5, 5.41) is 12.3. The number of thioether (sulfide) groups is 1. The van der Waals surface area contributed by atoms with Crippen molar-refractivity contribution < 1.29 is 14.7 Å². The van der Waals surface area contributed by atoms with Crippen LogP contribution < -0.4 is 5.32 Å². The van der Waals surface area contributed by atoms with E-state index in [4.69, 9.17) is 5.11 Å². The lowest BCUT2D eigenvalue weighted by Crippen LogP contribution is -2.19. The summed E-state index contributed by atoms with van der Waals surface area (Å²) < 4.78 is 0. The van der Waals surface area contributed by atoms with Crippen LogP contribution in [0.25, 0.3) is 6.08 Å². The van der Waals surface area contributed by atoms with E-state index in [1.165, 1.54) is 23.9 Å². The number of benzene rings is 2. The fourth-order valence-corrected chi connectivity index (χ4v) is 3.17. The minimum absolute atomic E-state index is 0.162. The highest BCUT2D eigenvalue weighted by atomic mass is 32.2. The molecule has 0 unspecified atom stereocenters. The molecule has 1 saturated heterocycles. The molecule has 5 nitrogen and oxygen atoms in total. The Morgan fingerprint density at radius 1 is 1.16 bits per heavy atom. The van der Waals surface area contributed by atoms with E-state index in [0.29, 0.717) is 15.8 Å². The van der Waals surface area contributed by atoms with Gasteiger partial charge in [-0.25, -0.2) is 9.79 Å². The molecule has 0 saturated carbocycles. The SMILES string of the molecule is Cc1ccccc1/C=C1\SC(=Nc2cc(C(=O)O)ccc2C)NC1=O. The van der Waals surface area contributed by atoms with Crippen molar-refractivity contribution in [2.24, 2.45) is 4.99 Å². The molecule has 1 aliphatic rings. The Balaban J connectivity index is 1.90. The van der Waals surface area contributed by atoms with Crippen molar-refractivity contribution in [1.29, 1.82) is 0 Å². The number of hydrogen-bond acceptors (Lipinski definition) is 4. The Hall–Kier alpha value is -2.86. The van der Waals surface area contributed by atoms with Crippen LogP contribution in [0.4, 0.5) is 5.69 Å². The van der Waals surface area contributed by atoms with Crippen LogP contribution in [0.1, 0.15) is 27.0 Å². The molecule has 2 N–H and O–H groups in total. The van der Waals surface area contributed by atoms with Crippen LogP contribution in [0.3, 0.4) is 0 Å². The number of rotatable bonds is 3. The van der Waals surface area contributed by atoms with Gasteiger partial charge in [0.2, 0.25) is 0 Å². The van der Waals surface area contributed by atoms with Crippen molar-refractivity contribution in [1.82, 2.24) is 5.32 Å². The van der Waals surface area contributed by atoms with Crippen LogP contribution in [-0.2, 0) is 4.79 Å². The van der Waals surface area contributed by atoms with Crippen molar-refractivity contribution in [2.75, 3.05) is 0 Å². The standard InChI is InChI=1S/C19H16N2O3S/c1-11-5-3-4-6-13(11)10-16-17(22)21-19(25-16)20-15-9-14(18(23)24)8-7-12(15)2/h3-10H,1-2H3,(H,23,24)(H,20,21,22)/b16-10-. The summed E-state index contributed by atoms with van der Waals surface area (Å²) in [5.41, 5.74) is 3.59. The first-order chi connectivity index (χ1) is 11.9. The number of nitrogens with one attached hydrogen (secondary N) is 1. The number of amides is 1. The summed E-state index contributed by atoms with van der Waals surface area (Å²) in [5.74, 6) is -1.22. The maximum Gasteiger partial charge on any atom is 0.335 e. The lowest BCUT2D eigenvalue weighted by molar-refractivity contribution is -0.115. The number of amidine groups is 1. The van der Waals surface area contributed by atoms with Gasteiger partial charge in [-0.05, 0) is 60.5 Å². The number of aryl methyl sites for hydroxylation is 2. The molecule has 1 heterocycles. The van der Waals surface area contributed by atoms with E-state index in [-0.39, 0.29) is 11.5 Å². The van der Waals surface area contributed by atoms with E-state index in [0.717, 1.165) is 16.7 Å². The first-order valence-corrected chi connectivity index (χ1v) is 8.45. The van der Waals surface area contributed by atoms with Gasteiger partial charge in [0.25, 0.3) is 5.91 Å². The zero-order valence-corrected chi connectivity index (χ0v) is 14.6. The van der Waals surface area contributed by atoms with Crippen LogP contribution in [0.2, 0.25) is 0 Å². The van der Waals surface area contributed by atoms with Crippen LogP contribution in [0.5, 0.6) is 0 Å². The van der Waals surface area contributed by atoms with E-state index < -0.39 is 5.97 Å². The molecule has 1 fully saturated rings. The molecule has 0 aliphatic carbocycles. The lowest BCUT2D eigenvalue weighted by atomic mass is 10.1. The lowest BCUT2D eigenvalue weighted by Gasteiger charge is -2.03. The third kappa shape index (κ3) is 3.80. The van der Waals surface area contributed by atoms with Gasteiger partial charge in [-0.1, -0.05) is 30.3 Å². The van der Waals surface area contributed by atoms with Gasteiger partial charge in [-0.2, -0.15) is 0 Å². The van der Waals surface area contributed by atoms with Crippen LogP contribution in [0.15, 0.2) is 52.4 Å². The number of nitrogens with zero attached hydrogens (tertiary/aromatic N) is 1. The maximum absolute atomic E-state index is 12.2. The molecule has 2 aromatic rings. The Morgan fingerprint density at radius 2 is 1.92 bits per heavy atom. The van der Waals surface area contributed by atoms with Gasteiger partial charge in [0, 0.05) is 0 Å². The van der Waals surface area contributed by atoms with Crippen LogP contribution >= 0.6 is 11.8 Å². The van der Waals surface area contributed by atoms with Gasteiger partial charge < -0.3 is 10.4 Å². The molecule has 126 valence electrons. The van der Waals surface area contributed by atoms with Gasteiger partial charge in [0.1, 0.15) is 0 Å². The first-order valence-electron chi connectivity index (χ1n) is 7.63. The summed E-state index contributed by atoms with van der Waals surface area (Å²) in [6.45, 7) is 3.83. The summed E-state index contributed by atoms with van der Waals surface area (Å²) in [7, 11) is 0. The second-order valence-corrected chi connectivity index (χ2v) is 6.68. The van der Waals surface area contributed by atoms with Crippen molar-refractivity contribution in [3.05, 3.63) is 69.6 Å². The highest BCUT2D eigenvalue weighted by Gasteiger charge is 2.24. The van der Waals surface area contributed by atoms with Gasteiger partial charge in [0.05, 0.1) is 16.2 Å². The average Bonchev–Trinajstić information content (AvgIpc) is 2.91. The summed E-state index contributed by atoms with van der Waals surface area (Å²) in [4.78, 5) is 28.2. The Bertz CT molecular complexity index is 932. The van der Waals surface area contributed by atoms with Gasteiger partial charge in [0.15, 0.2) is 5.17 Å². The molecule has 6 heteroatoms. The molecule has 3 rings (SSSR count). The number of aliphatic imine (C=N–C) groups is 1. The topological polar surface area (TPSA) is 78.8 Å². The van der Waals surface area contributed by atoms with Crippen LogP contribution in [-0.4, -0.2) is 22.2 Å². The predicted molar refractivity (Wildman–Crippen MR) is 100 cm³/mol. The fraction of sp³-hybridized carbons (Fsp3) is 0.105. The zero-order chi connectivity index (χ0) is 18.0. The Morgan fingerprint density at radius 3 is 2.64 bits per heavy atom. The number of carbonyl (C=O) groups is 2. The highest BCUT2D eigenvalue weighted by molar-refractivity contribution is 8.18. The number of carboxylic acids is 1. The Labute approximate surface area is 149 Å². The van der Waals surface area contributed by atoms with E-state index in [9.17, 15) is 9.59 Å². The number of carboxylic acid groups (broad SMARTS) is 1. The maximum atomic E-state index is 12.2. The van der Waals surface area contributed by atoms with Crippen molar-refractivity contribution in [3.8, 4) is 0 Å². The first kappa shape index (κ1) is 17.0. The van der Waals surface area contributed by atoms with E-state index in [2.05, 4.69) is 10.3 Å². The quantitative estimate of drug-likeness (QED) is 0.821. The third-order valence-electron chi connectivity index (χ3n) is 3.80. The number of aromatic carboxylic acids is 1. The molecular weight excluding hydrogens is 336 g/mol. The second kappa shape index (κ2) is 6.94. The van der Waals surface area contributed by atoms with Crippen molar-refractivity contribution >= 4 is 40.6 Å². The molecule has 1 amide bonds. The fourth-order valence-electron chi connectivity index (χ4n) is 2.34. The normalized spacial score (nSPS) is 17.1. The number of carbonyl (C=O) groups excluding carboxylic acids is 1. The highest BCUT2D eigenvalue weighted by Crippen LogP contribution is 2.30. The minimum atomic E-state index is -1.01. The largest absolute Gasteiger partial charge is 0.478 e. The van der Waals surface area contributed by atoms with Crippen molar-refractivity contribution in [2.45, 2.75) is 13.8 Å². The molecule has 0 spiro atoms. The average molecular weight is 352 g/mol. The van der Waals surface area contributed by atoms with E-state index in [1.807, 2.05) is 44.2 Å². The monoisotopic (exact) mass is 352 g/mol. The summed E-state index contributed by atoms with van der Waals surface area (Å²) in [6.07, 6.45) is 1.83. The summed E-state index contributed by atoms with van der Waals surface area (Å²) >= 11 is 1.24. The summed E-state index contributed by atoms with van der Waals surface area (Å²) in [6, 6.07) is 12.5. The van der Waals surface area contributed by atoms with Gasteiger partial charge in [-0.15, -0.1) is 0 Å². The van der Waals surface area contributed by atoms with E-state index in [1.54, 1.807) is 6.07 Å². The minimum Gasteiger partial charge on any atom is -0.478 e. The van der Waals surface area contributed by atoms with Gasteiger partial charge in [-0.3, -0.25) is 4.79 Å². The Kier molecular flexibility index (Phi) is 4.72. The second-order valence-electron chi connectivity index (χ2n) is 5.64. The molecular formula is C19H16N2O3S. The zero-order valence-electron chi connectivity index (χ0n) is 13.7. The molecule has 1 aliphatic heterocycles. The third-order valence-corrected chi connectivity index (χ3v) is 4.71. The molecule has 2 aromatic carbocycles.